The first-order valence-electron chi connectivity index (χ1n) is 6.88. The monoisotopic (exact) mass is 294 g/mol. The Morgan fingerprint density at radius 1 is 1.25 bits per heavy atom. The predicted octanol–water partition coefficient (Wildman–Crippen LogP) is 4.76. The summed E-state index contributed by atoms with van der Waals surface area (Å²) in [6.07, 6.45) is 5.61. The lowest BCUT2D eigenvalue weighted by Gasteiger charge is -2.20. The van der Waals surface area contributed by atoms with Crippen LogP contribution in [-0.4, -0.2) is 5.16 Å². The van der Waals surface area contributed by atoms with Crippen molar-refractivity contribution in [2.75, 3.05) is 5.73 Å². The Kier molecular flexibility index (Phi) is 3.66. The van der Waals surface area contributed by atoms with E-state index in [2.05, 4.69) is 5.16 Å². The molecule has 20 heavy (non-hydrogen) atoms. The molecule has 2 N–H and O–H groups in total. The molecule has 5 heteroatoms. The van der Waals surface area contributed by atoms with Crippen LogP contribution in [0, 0.1) is 5.82 Å². The molecular weight excluding hydrogens is 279 g/mol. The lowest BCUT2D eigenvalue weighted by molar-refractivity contribution is 0.323. The maximum Gasteiger partial charge on any atom is 0.175 e. The molecule has 1 aromatic heterocycles. The van der Waals surface area contributed by atoms with Gasteiger partial charge in [-0.3, -0.25) is 0 Å². The van der Waals surface area contributed by atoms with E-state index in [1.54, 1.807) is 12.1 Å². The molecule has 1 heterocycles. The van der Waals surface area contributed by atoms with Crippen molar-refractivity contribution >= 4 is 17.4 Å². The number of halogens is 2. The van der Waals surface area contributed by atoms with Gasteiger partial charge in [0, 0.05) is 11.5 Å². The molecule has 0 unspecified atom stereocenters. The summed E-state index contributed by atoms with van der Waals surface area (Å²) < 4.78 is 19.6. The van der Waals surface area contributed by atoms with Crippen molar-refractivity contribution in [3.8, 4) is 11.1 Å². The third-order valence-corrected chi connectivity index (χ3v) is 4.23. The van der Waals surface area contributed by atoms with Crippen molar-refractivity contribution in [3.05, 3.63) is 34.8 Å². The Hall–Kier alpha value is -1.55. The number of hydrogen-bond acceptors (Lipinski definition) is 3. The van der Waals surface area contributed by atoms with Gasteiger partial charge >= 0.3 is 0 Å². The Labute approximate surface area is 121 Å². The fourth-order valence-electron chi connectivity index (χ4n) is 2.93. The maximum atomic E-state index is 14.2. The first-order chi connectivity index (χ1) is 9.68. The molecule has 1 aliphatic rings. The molecule has 0 radical (unpaired) electrons. The Morgan fingerprint density at radius 3 is 2.75 bits per heavy atom. The molecule has 3 nitrogen and oxygen atoms in total. The lowest BCUT2D eigenvalue weighted by atomic mass is 9.85. The number of aromatic nitrogens is 1. The summed E-state index contributed by atoms with van der Waals surface area (Å²) in [6.45, 7) is 0. The fourth-order valence-corrected chi connectivity index (χ4v) is 3.10. The molecule has 1 aliphatic carbocycles. The lowest BCUT2D eigenvalue weighted by Crippen LogP contribution is -2.05. The first-order valence-corrected chi connectivity index (χ1v) is 7.25. The summed E-state index contributed by atoms with van der Waals surface area (Å²) in [5, 5.41) is 3.91. The number of anilines is 1. The van der Waals surface area contributed by atoms with Gasteiger partial charge in [-0.25, -0.2) is 4.39 Å². The molecule has 1 fully saturated rings. The molecule has 0 atom stereocenters. The molecule has 0 saturated heterocycles. The minimum absolute atomic E-state index is 0.0812. The second kappa shape index (κ2) is 5.44. The average molecular weight is 295 g/mol. The normalized spacial score (nSPS) is 16.5. The van der Waals surface area contributed by atoms with Gasteiger partial charge in [-0.05, 0) is 18.9 Å². The van der Waals surface area contributed by atoms with Crippen molar-refractivity contribution < 1.29 is 8.91 Å². The van der Waals surface area contributed by atoms with E-state index in [1.165, 1.54) is 12.5 Å². The van der Waals surface area contributed by atoms with Crippen molar-refractivity contribution in [2.45, 2.75) is 38.0 Å². The van der Waals surface area contributed by atoms with E-state index in [4.69, 9.17) is 21.9 Å². The topological polar surface area (TPSA) is 52.0 Å². The van der Waals surface area contributed by atoms with Crippen LogP contribution in [0.4, 0.5) is 10.2 Å². The van der Waals surface area contributed by atoms with Crippen LogP contribution < -0.4 is 5.73 Å². The van der Waals surface area contributed by atoms with Crippen LogP contribution in [-0.2, 0) is 0 Å². The highest BCUT2D eigenvalue weighted by Gasteiger charge is 2.27. The van der Waals surface area contributed by atoms with Crippen LogP contribution in [0.2, 0.25) is 5.02 Å². The third kappa shape index (κ3) is 2.29. The van der Waals surface area contributed by atoms with Gasteiger partial charge in [0.25, 0.3) is 0 Å². The second-order valence-electron chi connectivity index (χ2n) is 5.24. The zero-order valence-electron chi connectivity index (χ0n) is 11.0. The summed E-state index contributed by atoms with van der Waals surface area (Å²) in [5.41, 5.74) is 6.82. The van der Waals surface area contributed by atoms with Gasteiger partial charge in [0.2, 0.25) is 0 Å². The van der Waals surface area contributed by atoms with E-state index in [0.717, 1.165) is 25.7 Å². The average Bonchev–Trinajstić information content (AvgIpc) is 2.85. The highest BCUT2D eigenvalue weighted by molar-refractivity contribution is 6.31. The van der Waals surface area contributed by atoms with Gasteiger partial charge in [0.15, 0.2) is 5.82 Å². The van der Waals surface area contributed by atoms with Gasteiger partial charge in [-0.1, -0.05) is 48.2 Å². The zero-order valence-corrected chi connectivity index (χ0v) is 11.8. The van der Waals surface area contributed by atoms with Crippen LogP contribution in [0.15, 0.2) is 22.7 Å². The van der Waals surface area contributed by atoms with E-state index in [1.807, 2.05) is 0 Å². The second-order valence-corrected chi connectivity index (χ2v) is 5.65. The van der Waals surface area contributed by atoms with Crippen LogP contribution in [0.25, 0.3) is 11.1 Å². The van der Waals surface area contributed by atoms with Crippen molar-refractivity contribution in [1.29, 1.82) is 0 Å². The zero-order chi connectivity index (χ0) is 14.1. The smallest absolute Gasteiger partial charge is 0.175 e. The molecule has 106 valence electrons. The molecule has 3 rings (SSSR count). The summed E-state index contributed by atoms with van der Waals surface area (Å²) in [5.74, 6) is 0.721. The van der Waals surface area contributed by atoms with Crippen LogP contribution >= 0.6 is 11.6 Å². The molecular formula is C15H16ClFN2O. The number of nitrogen functional groups attached to an aromatic ring is 1. The van der Waals surface area contributed by atoms with Gasteiger partial charge in [-0.2, -0.15) is 0 Å². The quantitative estimate of drug-likeness (QED) is 0.868. The van der Waals surface area contributed by atoms with E-state index < -0.39 is 5.82 Å². The van der Waals surface area contributed by atoms with Gasteiger partial charge < -0.3 is 10.3 Å². The minimum atomic E-state index is -0.471. The molecule has 0 bridgehead atoms. The van der Waals surface area contributed by atoms with Crippen LogP contribution in [0.3, 0.4) is 0 Å². The van der Waals surface area contributed by atoms with Gasteiger partial charge in [0.05, 0.1) is 10.6 Å². The van der Waals surface area contributed by atoms with E-state index in [-0.39, 0.29) is 16.8 Å². The van der Waals surface area contributed by atoms with Crippen LogP contribution in [0.5, 0.6) is 0 Å². The number of nitrogens with two attached hydrogens (primary N) is 1. The number of hydrogen-bond donors (Lipinski definition) is 1. The summed E-state index contributed by atoms with van der Waals surface area (Å²) in [7, 11) is 0. The molecule has 1 aromatic carbocycles. The fraction of sp³-hybridized carbons (Fsp3) is 0.400. The predicted molar refractivity (Wildman–Crippen MR) is 77.1 cm³/mol. The highest BCUT2D eigenvalue weighted by Crippen LogP contribution is 2.42. The van der Waals surface area contributed by atoms with Gasteiger partial charge in [-0.15, -0.1) is 0 Å². The Morgan fingerprint density at radius 2 is 2.00 bits per heavy atom. The molecule has 0 amide bonds. The Bertz CT molecular complexity index is 620. The number of nitrogens with zero attached hydrogens (tertiary/aromatic N) is 1. The largest absolute Gasteiger partial charge is 0.380 e. The highest BCUT2D eigenvalue weighted by atomic mass is 35.5. The third-order valence-electron chi connectivity index (χ3n) is 3.94. The van der Waals surface area contributed by atoms with Crippen molar-refractivity contribution in [1.82, 2.24) is 5.16 Å². The summed E-state index contributed by atoms with van der Waals surface area (Å²) >= 11 is 5.85. The molecule has 2 aromatic rings. The van der Waals surface area contributed by atoms with E-state index >= 15 is 0 Å². The van der Waals surface area contributed by atoms with Crippen molar-refractivity contribution in [3.63, 3.8) is 0 Å². The summed E-state index contributed by atoms with van der Waals surface area (Å²) in [6, 6.07) is 4.89. The number of rotatable bonds is 2. The molecule has 0 spiro atoms. The van der Waals surface area contributed by atoms with E-state index in [0.29, 0.717) is 16.9 Å². The van der Waals surface area contributed by atoms with Crippen molar-refractivity contribution in [2.24, 2.45) is 0 Å². The summed E-state index contributed by atoms with van der Waals surface area (Å²) in [4.78, 5) is 0. The SMILES string of the molecule is Nc1noc(C2CCCCC2)c1-c1cccc(Cl)c1F. The minimum Gasteiger partial charge on any atom is -0.380 e. The number of benzene rings is 1. The van der Waals surface area contributed by atoms with Gasteiger partial charge in [0.1, 0.15) is 11.6 Å². The molecule has 1 saturated carbocycles. The first kappa shape index (κ1) is 13.4. The van der Waals surface area contributed by atoms with E-state index in [9.17, 15) is 4.39 Å². The molecule has 0 aliphatic heterocycles. The van der Waals surface area contributed by atoms with Crippen LogP contribution in [0.1, 0.15) is 43.8 Å². The standard InChI is InChI=1S/C15H16ClFN2O/c16-11-8-4-7-10(13(11)17)12-14(20-19-15(12)18)9-5-2-1-3-6-9/h4,7-9H,1-3,5-6H2,(H2,18,19). The maximum absolute atomic E-state index is 14.2. The Balaban J connectivity index is 2.09.